The second-order valence-electron chi connectivity index (χ2n) is 10.8. The summed E-state index contributed by atoms with van der Waals surface area (Å²) in [7, 11) is 0. The SMILES string of the molecule is [N-]=[N+]=NCCOc1cc(F)c(CNC2=C(C(=N)C3=NC=C(N=O)C(N(CCN4CCCC4)c4ccncc4)N3)CCC2)c(F)c1. The van der Waals surface area contributed by atoms with Crippen molar-refractivity contribution in [2.45, 2.75) is 44.8 Å². The molecule has 1 aromatic carbocycles. The van der Waals surface area contributed by atoms with E-state index in [4.69, 9.17) is 15.7 Å². The van der Waals surface area contributed by atoms with Crippen molar-refractivity contribution >= 4 is 17.2 Å². The molecule has 0 saturated carbocycles. The molecule has 0 amide bonds. The highest BCUT2D eigenvalue weighted by molar-refractivity contribution is 6.46. The fourth-order valence-electron chi connectivity index (χ4n) is 5.72. The van der Waals surface area contributed by atoms with E-state index in [1.165, 1.54) is 6.20 Å². The Morgan fingerprint density at radius 3 is 2.67 bits per heavy atom. The summed E-state index contributed by atoms with van der Waals surface area (Å²) < 4.78 is 34.9. The molecule has 13 nitrogen and oxygen atoms in total. The molecule has 3 N–H and O–H groups in total. The van der Waals surface area contributed by atoms with E-state index >= 15 is 0 Å². The molecule has 45 heavy (non-hydrogen) atoms. The Labute approximate surface area is 259 Å². The number of hydrogen-bond acceptors (Lipinski definition) is 11. The molecule has 0 radical (unpaired) electrons. The monoisotopic (exact) mass is 619 g/mol. The van der Waals surface area contributed by atoms with Crippen molar-refractivity contribution in [3.05, 3.63) is 92.4 Å². The van der Waals surface area contributed by atoms with Crippen LogP contribution in [0.3, 0.4) is 0 Å². The number of azide groups is 1. The van der Waals surface area contributed by atoms with Crippen LogP contribution < -0.4 is 20.3 Å². The first-order valence-electron chi connectivity index (χ1n) is 14.9. The van der Waals surface area contributed by atoms with Crippen molar-refractivity contribution in [1.82, 2.24) is 20.5 Å². The van der Waals surface area contributed by atoms with Gasteiger partial charge in [0, 0.05) is 66.0 Å². The van der Waals surface area contributed by atoms with E-state index in [1.54, 1.807) is 12.4 Å². The molecule has 3 heterocycles. The number of aromatic nitrogens is 1. The summed E-state index contributed by atoms with van der Waals surface area (Å²) in [5.74, 6) is -1.27. The number of rotatable bonds is 15. The summed E-state index contributed by atoms with van der Waals surface area (Å²) in [6, 6.07) is 5.91. The number of nitrogens with zero attached hydrogens (tertiary/aromatic N) is 8. The van der Waals surface area contributed by atoms with Crippen molar-refractivity contribution in [1.29, 1.82) is 5.41 Å². The van der Waals surface area contributed by atoms with Crippen LogP contribution in [0.15, 0.2) is 75.1 Å². The van der Waals surface area contributed by atoms with E-state index in [0.29, 0.717) is 30.7 Å². The van der Waals surface area contributed by atoms with Gasteiger partial charge in [-0.15, -0.1) is 4.91 Å². The van der Waals surface area contributed by atoms with Crippen LogP contribution in [0.25, 0.3) is 10.4 Å². The molecule has 1 saturated heterocycles. The minimum atomic E-state index is -0.776. The van der Waals surface area contributed by atoms with Gasteiger partial charge in [-0.25, -0.2) is 13.8 Å². The van der Waals surface area contributed by atoms with Crippen molar-refractivity contribution in [3.8, 4) is 5.75 Å². The highest BCUT2D eigenvalue weighted by Gasteiger charge is 2.31. The van der Waals surface area contributed by atoms with Gasteiger partial charge in [0.15, 0.2) is 5.84 Å². The van der Waals surface area contributed by atoms with Crippen molar-refractivity contribution in [2.75, 3.05) is 44.2 Å². The fourth-order valence-corrected chi connectivity index (χ4v) is 5.72. The Morgan fingerprint density at radius 2 is 1.96 bits per heavy atom. The molecule has 1 fully saturated rings. The van der Waals surface area contributed by atoms with Gasteiger partial charge in [-0.3, -0.25) is 10.4 Å². The summed E-state index contributed by atoms with van der Waals surface area (Å²) >= 11 is 0. The van der Waals surface area contributed by atoms with Gasteiger partial charge in [0.05, 0.1) is 19.4 Å². The number of amidine groups is 1. The minimum absolute atomic E-state index is 0.00106. The van der Waals surface area contributed by atoms with Gasteiger partial charge in [-0.05, 0) is 73.6 Å². The Bertz CT molecular complexity index is 1510. The lowest BCUT2D eigenvalue weighted by molar-refractivity contribution is 0.323. The molecule has 5 rings (SSSR count). The van der Waals surface area contributed by atoms with E-state index in [2.05, 4.69) is 40.7 Å². The molecular formula is C30H35F2N11O2. The summed E-state index contributed by atoms with van der Waals surface area (Å²) in [5.41, 5.74) is 10.8. The van der Waals surface area contributed by atoms with Crippen LogP contribution in [-0.4, -0.2) is 66.9 Å². The van der Waals surface area contributed by atoms with E-state index < -0.39 is 17.8 Å². The number of nitroso groups, excluding NO2 is 1. The third-order valence-electron chi connectivity index (χ3n) is 8.02. The quantitative estimate of drug-likeness (QED) is 0.0620. The highest BCUT2D eigenvalue weighted by Crippen LogP contribution is 2.29. The Kier molecular flexibility index (Phi) is 10.7. The zero-order valence-corrected chi connectivity index (χ0v) is 24.8. The van der Waals surface area contributed by atoms with E-state index in [9.17, 15) is 13.7 Å². The number of benzene rings is 1. The van der Waals surface area contributed by atoms with Crippen LogP contribution in [-0.2, 0) is 6.54 Å². The van der Waals surface area contributed by atoms with Crippen molar-refractivity contribution in [3.63, 3.8) is 0 Å². The Balaban J connectivity index is 1.30. The highest BCUT2D eigenvalue weighted by atomic mass is 19.1. The van der Waals surface area contributed by atoms with Gasteiger partial charge in [0.25, 0.3) is 0 Å². The molecular weight excluding hydrogens is 584 g/mol. The van der Waals surface area contributed by atoms with Gasteiger partial charge in [-0.1, -0.05) is 5.11 Å². The number of hydrogen-bond donors (Lipinski definition) is 3. The van der Waals surface area contributed by atoms with Gasteiger partial charge in [-0.2, -0.15) is 0 Å². The molecule has 1 atom stereocenters. The lowest BCUT2D eigenvalue weighted by atomic mass is 10.1. The standard InChI is InChI=1S/C30H35F2N11O2/c31-24-16-21(45-15-10-38-41-34)17-25(32)23(24)18-36-26-5-3-4-22(26)28(33)29-37-19-27(40-44)30(39-29)43(20-6-8-35-9-7-20)14-13-42-11-1-2-12-42/h6-9,16-17,19,30,33,36H,1-5,10-15,18H2,(H,37,39). The summed E-state index contributed by atoms with van der Waals surface area (Å²) in [5, 5.41) is 22.0. The largest absolute Gasteiger partial charge is 0.493 e. The van der Waals surface area contributed by atoms with Crippen molar-refractivity contribution in [2.24, 2.45) is 15.3 Å². The van der Waals surface area contributed by atoms with E-state index in [0.717, 1.165) is 56.7 Å². The topological polar surface area (TPSA) is 167 Å². The molecule has 1 aromatic heterocycles. The minimum Gasteiger partial charge on any atom is -0.493 e. The number of nitrogens with one attached hydrogen (secondary N) is 3. The summed E-state index contributed by atoms with van der Waals surface area (Å²) in [4.78, 5) is 27.4. The average Bonchev–Trinajstić information content (AvgIpc) is 3.76. The van der Waals surface area contributed by atoms with Crippen LogP contribution in [0.2, 0.25) is 0 Å². The Morgan fingerprint density at radius 1 is 1.20 bits per heavy atom. The molecule has 1 aliphatic carbocycles. The summed E-state index contributed by atoms with van der Waals surface area (Å²) in [6.07, 6.45) is 8.39. The first kappa shape index (κ1) is 31.5. The lowest BCUT2D eigenvalue weighted by Gasteiger charge is -2.36. The zero-order chi connectivity index (χ0) is 31.6. The third-order valence-corrected chi connectivity index (χ3v) is 8.02. The van der Waals surface area contributed by atoms with Crippen molar-refractivity contribution < 1.29 is 13.5 Å². The third kappa shape index (κ3) is 7.80. The maximum absolute atomic E-state index is 14.8. The molecule has 15 heteroatoms. The Hall–Kier alpha value is -4.88. The number of anilines is 1. The number of allylic oxidation sites excluding steroid dienone is 1. The van der Waals surface area contributed by atoms with Crippen LogP contribution in [0.5, 0.6) is 5.75 Å². The molecule has 0 spiro atoms. The van der Waals surface area contributed by atoms with Gasteiger partial charge < -0.3 is 25.2 Å². The van der Waals surface area contributed by atoms with E-state index in [1.807, 2.05) is 17.0 Å². The van der Waals surface area contributed by atoms with Gasteiger partial charge in [0.2, 0.25) is 0 Å². The molecule has 0 bridgehead atoms. The predicted molar refractivity (Wildman–Crippen MR) is 167 cm³/mol. The average molecular weight is 620 g/mol. The second-order valence-corrected chi connectivity index (χ2v) is 10.8. The van der Waals surface area contributed by atoms with E-state index in [-0.39, 0.29) is 48.3 Å². The zero-order valence-electron chi connectivity index (χ0n) is 24.8. The van der Waals surface area contributed by atoms with Gasteiger partial charge >= 0.3 is 0 Å². The smallest absolute Gasteiger partial charge is 0.153 e. The molecule has 2 aromatic rings. The normalized spacial score (nSPS) is 18.0. The second kappa shape index (κ2) is 15.2. The number of halogens is 2. The molecule has 1 unspecified atom stereocenters. The van der Waals surface area contributed by atoms with Gasteiger partial charge in [0.1, 0.15) is 35.0 Å². The molecule has 3 aliphatic rings. The van der Waals surface area contributed by atoms with Crippen LogP contribution in [0.1, 0.15) is 37.7 Å². The van der Waals surface area contributed by atoms with Crippen LogP contribution in [0.4, 0.5) is 14.5 Å². The maximum Gasteiger partial charge on any atom is 0.153 e. The number of ether oxygens (including phenoxy) is 1. The van der Waals surface area contributed by atoms with Crippen LogP contribution in [0, 0.1) is 22.0 Å². The predicted octanol–water partition coefficient (Wildman–Crippen LogP) is 5.13. The number of aliphatic imine (C=N–C) groups is 1. The maximum atomic E-state index is 14.8. The summed E-state index contributed by atoms with van der Waals surface area (Å²) in [6.45, 7) is 3.37. The molecule has 236 valence electrons. The van der Waals surface area contributed by atoms with Crippen LogP contribution >= 0.6 is 0 Å². The molecule has 2 aliphatic heterocycles. The fraction of sp³-hybridized carbons (Fsp3) is 0.433. The lowest BCUT2D eigenvalue weighted by Crippen LogP contribution is -2.54. The first-order chi connectivity index (χ1) is 22.0. The number of likely N-dealkylation sites (tertiary alicyclic amines) is 1. The number of pyridine rings is 1. The first-order valence-corrected chi connectivity index (χ1v) is 14.9.